The fraction of sp³-hybridized carbons (Fsp3) is 0.200. The van der Waals surface area contributed by atoms with Crippen molar-refractivity contribution >= 4 is 27.7 Å². The van der Waals surface area contributed by atoms with E-state index in [1.807, 2.05) is 0 Å². The van der Waals surface area contributed by atoms with E-state index in [9.17, 15) is 4.79 Å². The molecule has 0 bridgehead atoms. The number of hydrogen-bond acceptors (Lipinski definition) is 6. The van der Waals surface area contributed by atoms with Crippen molar-refractivity contribution in [3.63, 3.8) is 0 Å². The van der Waals surface area contributed by atoms with E-state index in [4.69, 9.17) is 10.5 Å². The highest BCUT2D eigenvalue weighted by Crippen LogP contribution is 2.16. The van der Waals surface area contributed by atoms with Crippen molar-refractivity contribution < 1.29 is 9.53 Å². The minimum absolute atomic E-state index is 0.0709. The van der Waals surface area contributed by atoms with Gasteiger partial charge in [-0.25, -0.2) is 19.7 Å². The first-order valence-corrected chi connectivity index (χ1v) is 5.90. The number of anilines is 1. The van der Waals surface area contributed by atoms with Crippen molar-refractivity contribution in [1.29, 1.82) is 0 Å². The normalized spacial score (nSPS) is 10.3. The van der Waals surface area contributed by atoms with Crippen molar-refractivity contribution in [1.82, 2.24) is 19.5 Å². The number of ether oxygens (including phenoxy) is 1. The van der Waals surface area contributed by atoms with Gasteiger partial charge in [0.05, 0.1) is 19.0 Å². The lowest BCUT2D eigenvalue weighted by atomic mass is 10.4. The van der Waals surface area contributed by atoms with Crippen LogP contribution in [0.25, 0.3) is 5.82 Å². The molecule has 0 saturated heterocycles. The lowest BCUT2D eigenvalue weighted by molar-refractivity contribution is 0.0521. The van der Waals surface area contributed by atoms with Crippen molar-refractivity contribution in [2.24, 2.45) is 0 Å². The van der Waals surface area contributed by atoms with Gasteiger partial charge in [-0.1, -0.05) is 0 Å². The Bertz CT molecular complexity index is 566. The zero-order valence-electron chi connectivity index (χ0n) is 9.50. The summed E-state index contributed by atoms with van der Waals surface area (Å²) in [6, 6.07) is 0. The Kier molecular flexibility index (Phi) is 3.56. The van der Waals surface area contributed by atoms with Crippen molar-refractivity contribution in [2.75, 3.05) is 12.3 Å². The number of nitrogens with zero attached hydrogens (tertiary/aromatic N) is 4. The molecule has 94 valence electrons. The molecular formula is C10H10BrN5O2. The Balaban J connectivity index is 2.36. The molecule has 2 aromatic rings. The molecule has 18 heavy (non-hydrogen) atoms. The molecular weight excluding hydrogens is 302 g/mol. The number of nitrogen functional groups attached to an aromatic ring is 1. The summed E-state index contributed by atoms with van der Waals surface area (Å²) >= 11 is 3.18. The average Bonchev–Trinajstić information content (AvgIpc) is 2.73. The van der Waals surface area contributed by atoms with Crippen molar-refractivity contribution in [3.05, 3.63) is 29.0 Å². The van der Waals surface area contributed by atoms with Gasteiger partial charge in [-0.2, -0.15) is 0 Å². The van der Waals surface area contributed by atoms with Crippen LogP contribution in [0, 0.1) is 0 Å². The summed E-state index contributed by atoms with van der Waals surface area (Å²) < 4.78 is 6.91. The molecule has 2 aromatic heterocycles. The topological polar surface area (TPSA) is 95.9 Å². The van der Waals surface area contributed by atoms with Crippen LogP contribution in [-0.4, -0.2) is 32.1 Å². The zero-order valence-corrected chi connectivity index (χ0v) is 11.1. The summed E-state index contributed by atoms with van der Waals surface area (Å²) in [5.74, 6) is 0.0858. The predicted octanol–water partition coefficient (Wildman–Crippen LogP) is 1.18. The molecule has 0 aliphatic rings. The van der Waals surface area contributed by atoms with Crippen molar-refractivity contribution in [3.8, 4) is 5.82 Å². The Morgan fingerprint density at radius 2 is 2.22 bits per heavy atom. The molecule has 0 amide bonds. The molecule has 0 aliphatic carbocycles. The summed E-state index contributed by atoms with van der Waals surface area (Å²) in [4.78, 5) is 23.6. The molecule has 0 aromatic carbocycles. The first-order valence-electron chi connectivity index (χ1n) is 5.11. The summed E-state index contributed by atoms with van der Waals surface area (Å²) in [5, 5.41) is 0. The van der Waals surface area contributed by atoms with Gasteiger partial charge in [0.25, 0.3) is 0 Å². The number of esters is 1. The van der Waals surface area contributed by atoms with Crippen LogP contribution < -0.4 is 5.73 Å². The van der Waals surface area contributed by atoms with Gasteiger partial charge in [0, 0.05) is 0 Å². The van der Waals surface area contributed by atoms with Gasteiger partial charge in [-0.05, 0) is 22.9 Å². The van der Waals surface area contributed by atoms with Crippen LogP contribution in [0.15, 0.2) is 23.3 Å². The van der Waals surface area contributed by atoms with E-state index in [2.05, 4.69) is 30.9 Å². The molecule has 0 unspecified atom stereocenters. The number of hydrogen-bond donors (Lipinski definition) is 1. The van der Waals surface area contributed by atoms with Gasteiger partial charge in [0.1, 0.15) is 16.7 Å². The lowest BCUT2D eigenvalue weighted by Gasteiger charge is -2.04. The van der Waals surface area contributed by atoms with Gasteiger partial charge in [0.2, 0.25) is 0 Å². The fourth-order valence-electron chi connectivity index (χ4n) is 1.33. The van der Waals surface area contributed by atoms with E-state index < -0.39 is 5.97 Å². The maximum Gasteiger partial charge on any atom is 0.360 e. The number of rotatable bonds is 3. The van der Waals surface area contributed by atoms with Crippen LogP contribution in [0.1, 0.15) is 17.4 Å². The molecule has 0 spiro atoms. The molecule has 2 heterocycles. The molecule has 7 nitrogen and oxygen atoms in total. The third-order valence-corrected chi connectivity index (χ3v) is 2.54. The third kappa shape index (κ3) is 2.33. The highest BCUT2D eigenvalue weighted by Gasteiger charge is 2.18. The summed E-state index contributed by atoms with van der Waals surface area (Å²) in [5.41, 5.74) is 5.90. The van der Waals surface area contributed by atoms with Gasteiger partial charge in [0.15, 0.2) is 11.5 Å². The number of imidazole rings is 1. The van der Waals surface area contributed by atoms with E-state index in [0.717, 1.165) is 0 Å². The van der Waals surface area contributed by atoms with E-state index in [1.54, 1.807) is 6.92 Å². The van der Waals surface area contributed by atoms with Gasteiger partial charge >= 0.3 is 5.97 Å². The highest BCUT2D eigenvalue weighted by molar-refractivity contribution is 9.10. The second-order valence-corrected chi connectivity index (χ2v) is 4.08. The number of nitrogens with two attached hydrogens (primary N) is 1. The van der Waals surface area contributed by atoms with Crippen molar-refractivity contribution in [2.45, 2.75) is 6.92 Å². The van der Waals surface area contributed by atoms with Crippen LogP contribution >= 0.6 is 15.9 Å². The molecule has 0 radical (unpaired) electrons. The highest BCUT2D eigenvalue weighted by atomic mass is 79.9. The smallest absolute Gasteiger partial charge is 0.360 e. The maximum atomic E-state index is 11.5. The van der Waals surface area contributed by atoms with E-state index in [1.165, 1.54) is 23.3 Å². The first-order chi connectivity index (χ1) is 8.63. The Morgan fingerprint density at radius 1 is 1.44 bits per heavy atom. The quantitative estimate of drug-likeness (QED) is 0.855. The second kappa shape index (κ2) is 5.13. The Morgan fingerprint density at radius 3 is 2.83 bits per heavy atom. The number of aromatic nitrogens is 4. The molecule has 2 N–H and O–H groups in total. The number of halogens is 1. The molecule has 0 saturated carbocycles. The summed E-state index contributed by atoms with van der Waals surface area (Å²) in [6.07, 6.45) is 4.44. The largest absolute Gasteiger partial charge is 0.461 e. The van der Waals surface area contributed by atoms with Gasteiger partial charge < -0.3 is 10.5 Å². The standard InChI is InChI=1S/C10H10BrN5O2/c1-2-18-10(17)8-9(12)16(5-15-8)7-4-13-6(11)3-14-7/h3-5H,2,12H2,1H3. The summed E-state index contributed by atoms with van der Waals surface area (Å²) in [7, 11) is 0. The summed E-state index contributed by atoms with van der Waals surface area (Å²) in [6.45, 7) is 1.98. The van der Waals surface area contributed by atoms with E-state index in [-0.39, 0.29) is 18.1 Å². The predicted molar refractivity (Wildman–Crippen MR) is 67.2 cm³/mol. The number of carbonyl (C=O) groups excluding carboxylic acids is 1. The molecule has 2 rings (SSSR count). The molecule has 0 fully saturated rings. The van der Waals surface area contributed by atoms with Crippen LogP contribution in [0.3, 0.4) is 0 Å². The lowest BCUT2D eigenvalue weighted by Crippen LogP contribution is -2.10. The van der Waals surface area contributed by atoms with E-state index in [0.29, 0.717) is 10.4 Å². The van der Waals surface area contributed by atoms with Crippen LogP contribution in [-0.2, 0) is 4.74 Å². The fourth-order valence-corrected chi connectivity index (χ4v) is 1.53. The maximum absolute atomic E-state index is 11.5. The first kappa shape index (κ1) is 12.5. The molecule has 0 atom stereocenters. The molecule has 0 aliphatic heterocycles. The SMILES string of the molecule is CCOC(=O)c1ncn(-c2cnc(Br)cn2)c1N. The average molecular weight is 312 g/mol. The minimum Gasteiger partial charge on any atom is -0.461 e. The number of carbonyl (C=O) groups is 1. The Hall–Kier alpha value is -1.96. The van der Waals surface area contributed by atoms with Gasteiger partial charge in [-0.15, -0.1) is 0 Å². The monoisotopic (exact) mass is 311 g/mol. The van der Waals surface area contributed by atoms with E-state index >= 15 is 0 Å². The molecule has 8 heteroatoms. The Labute approximate surface area is 111 Å². The van der Waals surface area contributed by atoms with Gasteiger partial charge in [-0.3, -0.25) is 4.57 Å². The van der Waals surface area contributed by atoms with Crippen LogP contribution in [0.4, 0.5) is 5.82 Å². The third-order valence-electron chi connectivity index (χ3n) is 2.13. The minimum atomic E-state index is -0.557. The van der Waals surface area contributed by atoms with Crippen LogP contribution in [0.5, 0.6) is 0 Å². The zero-order chi connectivity index (χ0) is 13.1. The second-order valence-electron chi connectivity index (χ2n) is 3.27. The van der Waals surface area contributed by atoms with Crippen LogP contribution in [0.2, 0.25) is 0 Å².